The SMILES string of the molecule is Br.Nc1ccc(CN(Cc2nc3ccccc3[nH]2)C2CCCc3cccnc32)cc1. The number of rotatable bonds is 5. The van der Waals surface area contributed by atoms with Crippen molar-refractivity contribution in [2.45, 2.75) is 38.4 Å². The van der Waals surface area contributed by atoms with E-state index < -0.39 is 0 Å². The maximum Gasteiger partial charge on any atom is 0.121 e. The number of halogens is 1. The highest BCUT2D eigenvalue weighted by Gasteiger charge is 2.28. The molecule has 1 aliphatic rings. The Labute approximate surface area is 187 Å². The van der Waals surface area contributed by atoms with Crippen LogP contribution in [0, 0.1) is 0 Å². The van der Waals surface area contributed by atoms with Gasteiger partial charge < -0.3 is 10.7 Å². The Morgan fingerprint density at radius 1 is 1.00 bits per heavy atom. The molecule has 0 saturated heterocycles. The van der Waals surface area contributed by atoms with Crippen LogP contribution in [0.5, 0.6) is 0 Å². The number of benzene rings is 2. The molecule has 5 rings (SSSR count). The highest BCUT2D eigenvalue weighted by molar-refractivity contribution is 8.93. The van der Waals surface area contributed by atoms with Crippen LogP contribution in [-0.2, 0) is 19.5 Å². The van der Waals surface area contributed by atoms with Crippen LogP contribution in [-0.4, -0.2) is 19.9 Å². The zero-order chi connectivity index (χ0) is 19.6. The maximum atomic E-state index is 5.89. The number of para-hydroxylation sites is 2. The summed E-state index contributed by atoms with van der Waals surface area (Å²) in [5.41, 5.74) is 12.6. The van der Waals surface area contributed by atoms with Crippen molar-refractivity contribution < 1.29 is 0 Å². The number of nitrogens with zero attached hydrogens (tertiary/aromatic N) is 3. The molecular weight excluding hydrogens is 438 g/mol. The fraction of sp³-hybridized carbons (Fsp3) is 0.250. The quantitative estimate of drug-likeness (QED) is 0.399. The first-order valence-electron chi connectivity index (χ1n) is 10.2. The van der Waals surface area contributed by atoms with Crippen molar-refractivity contribution in [1.29, 1.82) is 0 Å². The van der Waals surface area contributed by atoms with Gasteiger partial charge in [0.15, 0.2) is 0 Å². The molecule has 2 heterocycles. The Hall–Kier alpha value is -2.70. The molecule has 0 aliphatic heterocycles. The molecular formula is C24H26BrN5. The third-order valence-corrected chi connectivity index (χ3v) is 5.76. The summed E-state index contributed by atoms with van der Waals surface area (Å²) in [6.07, 6.45) is 5.32. The molecule has 0 amide bonds. The van der Waals surface area contributed by atoms with Gasteiger partial charge in [-0.3, -0.25) is 9.88 Å². The van der Waals surface area contributed by atoms with E-state index in [0.29, 0.717) is 0 Å². The topological polar surface area (TPSA) is 70.8 Å². The van der Waals surface area contributed by atoms with Gasteiger partial charge in [-0.1, -0.05) is 30.3 Å². The Balaban J connectivity index is 0.00000218. The van der Waals surface area contributed by atoms with Gasteiger partial charge in [0.2, 0.25) is 0 Å². The third kappa shape index (κ3) is 4.25. The minimum atomic E-state index is 0. The monoisotopic (exact) mass is 463 g/mol. The predicted octanol–water partition coefficient (Wildman–Crippen LogP) is 5.20. The molecule has 1 aliphatic carbocycles. The third-order valence-electron chi connectivity index (χ3n) is 5.76. The van der Waals surface area contributed by atoms with Crippen LogP contribution in [0.2, 0.25) is 0 Å². The summed E-state index contributed by atoms with van der Waals surface area (Å²) >= 11 is 0. The summed E-state index contributed by atoms with van der Waals surface area (Å²) in [5, 5.41) is 0. The molecule has 5 nitrogen and oxygen atoms in total. The van der Waals surface area contributed by atoms with Crippen molar-refractivity contribution in [2.24, 2.45) is 0 Å². The second-order valence-electron chi connectivity index (χ2n) is 7.80. The summed E-state index contributed by atoms with van der Waals surface area (Å²) in [6.45, 7) is 1.58. The van der Waals surface area contributed by atoms with Crippen LogP contribution in [0.15, 0.2) is 66.9 Å². The van der Waals surface area contributed by atoms with Crippen molar-refractivity contribution >= 4 is 33.7 Å². The molecule has 3 N–H and O–H groups in total. The van der Waals surface area contributed by atoms with Crippen molar-refractivity contribution in [3.63, 3.8) is 0 Å². The zero-order valence-corrected chi connectivity index (χ0v) is 18.5. The lowest BCUT2D eigenvalue weighted by Crippen LogP contribution is -2.31. The molecule has 1 unspecified atom stereocenters. The molecule has 30 heavy (non-hydrogen) atoms. The van der Waals surface area contributed by atoms with Crippen LogP contribution >= 0.6 is 17.0 Å². The lowest BCUT2D eigenvalue weighted by atomic mass is 9.90. The van der Waals surface area contributed by atoms with Gasteiger partial charge in [0, 0.05) is 18.4 Å². The van der Waals surface area contributed by atoms with Gasteiger partial charge in [-0.05, 0) is 60.7 Å². The number of nitrogens with two attached hydrogens (primary N) is 1. The predicted molar refractivity (Wildman–Crippen MR) is 126 cm³/mol. The summed E-state index contributed by atoms with van der Waals surface area (Å²) in [7, 11) is 0. The van der Waals surface area contributed by atoms with Gasteiger partial charge in [-0.15, -0.1) is 17.0 Å². The Bertz CT molecular complexity index is 1090. The molecule has 6 heteroatoms. The van der Waals surface area contributed by atoms with Crippen molar-refractivity contribution in [3.05, 3.63) is 89.5 Å². The van der Waals surface area contributed by atoms with Gasteiger partial charge in [-0.2, -0.15) is 0 Å². The van der Waals surface area contributed by atoms with Crippen LogP contribution in [0.25, 0.3) is 11.0 Å². The first kappa shape index (κ1) is 20.6. The first-order valence-corrected chi connectivity index (χ1v) is 10.2. The largest absolute Gasteiger partial charge is 0.399 e. The van der Waals surface area contributed by atoms with Crippen molar-refractivity contribution in [1.82, 2.24) is 19.9 Å². The second-order valence-corrected chi connectivity index (χ2v) is 7.80. The lowest BCUT2D eigenvalue weighted by Gasteiger charge is -2.34. The van der Waals surface area contributed by atoms with Gasteiger partial charge in [0.1, 0.15) is 5.82 Å². The van der Waals surface area contributed by atoms with Crippen LogP contribution < -0.4 is 5.73 Å². The Kier molecular flexibility index (Phi) is 6.16. The van der Waals surface area contributed by atoms with E-state index in [2.05, 4.69) is 40.2 Å². The molecule has 0 bridgehead atoms. The fourth-order valence-electron chi connectivity index (χ4n) is 4.35. The molecule has 0 spiro atoms. The standard InChI is InChI=1S/C24H25N5.BrH/c25-19-12-10-17(11-13-19)15-29(16-23-27-20-7-1-2-8-21(20)28-23)22-9-3-5-18-6-4-14-26-24(18)22;/h1-2,4,6-8,10-14,22H,3,5,9,15-16,25H2,(H,27,28);1H. The Morgan fingerprint density at radius 2 is 1.83 bits per heavy atom. The van der Waals surface area contributed by atoms with E-state index in [1.54, 1.807) is 0 Å². The molecule has 0 fully saturated rings. The number of imidazole rings is 1. The number of aryl methyl sites for hydroxylation is 1. The molecule has 2 aromatic carbocycles. The lowest BCUT2D eigenvalue weighted by molar-refractivity contribution is 0.153. The van der Waals surface area contributed by atoms with E-state index in [9.17, 15) is 0 Å². The van der Waals surface area contributed by atoms with Crippen LogP contribution in [0.3, 0.4) is 0 Å². The molecule has 154 valence electrons. The van der Waals surface area contributed by atoms with E-state index in [1.807, 2.05) is 36.5 Å². The first-order chi connectivity index (χ1) is 14.3. The van der Waals surface area contributed by atoms with E-state index in [1.165, 1.54) is 23.2 Å². The highest BCUT2D eigenvalue weighted by Crippen LogP contribution is 2.34. The second kappa shape index (κ2) is 8.98. The van der Waals surface area contributed by atoms with Crippen LogP contribution in [0.4, 0.5) is 5.69 Å². The smallest absolute Gasteiger partial charge is 0.121 e. The number of H-pyrrole nitrogens is 1. The van der Waals surface area contributed by atoms with Gasteiger partial charge >= 0.3 is 0 Å². The van der Waals surface area contributed by atoms with Crippen molar-refractivity contribution in [3.8, 4) is 0 Å². The summed E-state index contributed by atoms with van der Waals surface area (Å²) < 4.78 is 0. The molecule has 2 aromatic heterocycles. The maximum absolute atomic E-state index is 5.89. The molecule has 1 atom stereocenters. The number of aromatic amines is 1. The normalized spacial score (nSPS) is 15.7. The van der Waals surface area contributed by atoms with Crippen LogP contribution in [0.1, 0.15) is 41.5 Å². The number of hydrogen-bond acceptors (Lipinski definition) is 4. The molecule has 4 aromatic rings. The van der Waals surface area contributed by atoms with E-state index in [4.69, 9.17) is 15.7 Å². The molecule has 0 saturated carbocycles. The minimum absolute atomic E-state index is 0. The van der Waals surface area contributed by atoms with Gasteiger partial charge in [0.25, 0.3) is 0 Å². The number of fused-ring (bicyclic) bond motifs is 2. The number of nitrogen functional groups attached to an aromatic ring is 1. The van der Waals surface area contributed by atoms with Gasteiger partial charge in [-0.25, -0.2) is 4.98 Å². The minimum Gasteiger partial charge on any atom is -0.399 e. The number of anilines is 1. The average Bonchev–Trinajstić information content (AvgIpc) is 3.17. The number of pyridine rings is 1. The average molecular weight is 464 g/mol. The molecule has 0 radical (unpaired) electrons. The number of hydrogen-bond donors (Lipinski definition) is 2. The van der Waals surface area contributed by atoms with Gasteiger partial charge in [0.05, 0.1) is 29.3 Å². The van der Waals surface area contributed by atoms with Crippen molar-refractivity contribution in [2.75, 3.05) is 5.73 Å². The summed E-state index contributed by atoms with van der Waals surface area (Å²) in [4.78, 5) is 15.6. The summed E-state index contributed by atoms with van der Waals surface area (Å²) in [5.74, 6) is 0.990. The van der Waals surface area contributed by atoms with E-state index in [0.717, 1.165) is 48.5 Å². The number of aromatic nitrogens is 3. The number of nitrogens with one attached hydrogen (secondary N) is 1. The Morgan fingerprint density at radius 3 is 2.67 bits per heavy atom. The van der Waals surface area contributed by atoms with E-state index >= 15 is 0 Å². The zero-order valence-electron chi connectivity index (χ0n) is 16.8. The summed E-state index contributed by atoms with van der Waals surface area (Å²) in [6, 6.07) is 20.9. The van der Waals surface area contributed by atoms with E-state index in [-0.39, 0.29) is 23.0 Å². The highest BCUT2D eigenvalue weighted by atomic mass is 79.9. The fourth-order valence-corrected chi connectivity index (χ4v) is 4.35.